The third kappa shape index (κ3) is 2.90. The molecule has 29 heavy (non-hydrogen) atoms. The van der Waals surface area contributed by atoms with E-state index in [2.05, 4.69) is 0 Å². The second-order valence-electron chi connectivity index (χ2n) is 7.96. The van der Waals surface area contributed by atoms with E-state index in [1.54, 1.807) is 7.11 Å². The normalized spacial score (nSPS) is 23.0. The first-order valence-corrected chi connectivity index (χ1v) is 10.4. The molecule has 2 aliphatic rings. The fourth-order valence-corrected chi connectivity index (χ4v) is 5.32. The summed E-state index contributed by atoms with van der Waals surface area (Å²) in [4.78, 5) is 15.5. The zero-order valence-electron chi connectivity index (χ0n) is 16.3. The first-order valence-electron chi connectivity index (χ1n) is 10.0. The number of fused-ring (bicyclic) bond motifs is 3. The van der Waals surface area contributed by atoms with Crippen LogP contribution in [0.4, 0.5) is 0 Å². The van der Waals surface area contributed by atoms with E-state index >= 15 is 0 Å². The van der Waals surface area contributed by atoms with E-state index in [9.17, 15) is 4.79 Å². The first kappa shape index (κ1) is 18.5. The van der Waals surface area contributed by atoms with E-state index in [0.717, 1.165) is 52.5 Å². The molecule has 3 aromatic rings. The Morgan fingerprint density at radius 1 is 1.07 bits per heavy atom. The van der Waals surface area contributed by atoms with Crippen molar-refractivity contribution in [1.82, 2.24) is 4.90 Å². The lowest BCUT2D eigenvalue weighted by molar-refractivity contribution is 0.0728. The molecular formula is C24H23ClN2O2. The quantitative estimate of drug-likeness (QED) is 0.674. The minimum absolute atomic E-state index is 0.0917. The van der Waals surface area contributed by atoms with Crippen molar-refractivity contribution in [1.29, 1.82) is 0 Å². The highest BCUT2D eigenvalue weighted by Crippen LogP contribution is 2.40. The number of hydrogen-bond acceptors (Lipinski definition) is 3. The van der Waals surface area contributed by atoms with Gasteiger partial charge in [0.2, 0.25) is 0 Å². The Balaban J connectivity index is 1.62. The predicted molar refractivity (Wildman–Crippen MR) is 117 cm³/mol. The van der Waals surface area contributed by atoms with Crippen molar-refractivity contribution >= 4 is 28.3 Å². The largest absolute Gasteiger partial charge is 0.497 e. The maximum absolute atomic E-state index is 13.5. The molecule has 2 heterocycles. The fraction of sp³-hybridized carbons (Fsp3) is 0.292. The van der Waals surface area contributed by atoms with E-state index in [1.165, 1.54) is 0 Å². The van der Waals surface area contributed by atoms with Gasteiger partial charge in [0, 0.05) is 29.3 Å². The highest BCUT2D eigenvalue weighted by molar-refractivity contribution is 6.34. The van der Waals surface area contributed by atoms with Crippen molar-refractivity contribution in [2.24, 2.45) is 5.73 Å². The van der Waals surface area contributed by atoms with Crippen molar-refractivity contribution in [3.05, 3.63) is 65.2 Å². The van der Waals surface area contributed by atoms with Gasteiger partial charge < -0.3 is 15.4 Å². The number of rotatable bonds is 3. The summed E-state index contributed by atoms with van der Waals surface area (Å²) < 4.78 is 5.27. The molecular weight excluding hydrogens is 384 g/mol. The standard InChI is InChI=1S/C24H23ClN2O2/c1-29-15-7-8-19(21(25)13-15)18-9-10-20(17-5-3-2-4-16(17)18)24(28)27-14-6-11-23(27)22(26)12-14/h2-5,7-10,13-14,22-23H,6,11-12,26H2,1H3/t14-,22-,23+/m1/s1. The number of amides is 1. The van der Waals surface area contributed by atoms with Crippen molar-refractivity contribution < 1.29 is 9.53 Å². The number of hydrogen-bond donors (Lipinski definition) is 1. The van der Waals surface area contributed by atoms with Crippen LogP contribution in [0.2, 0.25) is 5.02 Å². The SMILES string of the molecule is COc1ccc(-c2ccc(C(=O)N3[C@@H]4CC[C@H]3[C@H](N)C4)c3ccccc23)c(Cl)c1. The Labute approximate surface area is 175 Å². The van der Waals surface area contributed by atoms with Gasteiger partial charge in [0.05, 0.1) is 12.1 Å². The topological polar surface area (TPSA) is 55.6 Å². The molecule has 3 aromatic carbocycles. The van der Waals surface area contributed by atoms with Crippen LogP contribution in [-0.4, -0.2) is 36.0 Å². The van der Waals surface area contributed by atoms with Crippen molar-refractivity contribution in [2.45, 2.75) is 37.4 Å². The van der Waals surface area contributed by atoms with E-state index in [0.29, 0.717) is 5.02 Å². The van der Waals surface area contributed by atoms with E-state index in [-0.39, 0.29) is 24.0 Å². The lowest BCUT2D eigenvalue weighted by atomic mass is 9.94. The van der Waals surface area contributed by atoms with Crippen LogP contribution in [0.1, 0.15) is 29.6 Å². The second kappa shape index (κ2) is 7.05. The minimum atomic E-state index is 0.0917. The molecule has 4 nitrogen and oxygen atoms in total. The summed E-state index contributed by atoms with van der Waals surface area (Å²) in [5, 5.41) is 2.58. The molecule has 0 aliphatic carbocycles. The summed E-state index contributed by atoms with van der Waals surface area (Å²) in [5.41, 5.74) is 8.92. The van der Waals surface area contributed by atoms with E-state index < -0.39 is 0 Å². The lowest BCUT2D eigenvalue weighted by Crippen LogP contribution is -2.40. The Hall–Kier alpha value is -2.56. The molecule has 5 heteroatoms. The molecule has 3 atom stereocenters. The first-order chi connectivity index (χ1) is 14.1. The average Bonchev–Trinajstić information content (AvgIpc) is 3.29. The Bertz CT molecular complexity index is 1110. The van der Waals surface area contributed by atoms with E-state index in [4.69, 9.17) is 22.1 Å². The molecule has 2 fully saturated rings. The number of nitrogens with zero attached hydrogens (tertiary/aromatic N) is 1. The molecule has 5 rings (SSSR count). The van der Waals surface area contributed by atoms with Gasteiger partial charge in [-0.2, -0.15) is 0 Å². The van der Waals surface area contributed by atoms with Crippen LogP contribution in [-0.2, 0) is 0 Å². The summed E-state index contributed by atoms with van der Waals surface area (Å²) >= 11 is 6.54. The van der Waals surface area contributed by atoms with Gasteiger partial charge in [-0.05, 0) is 59.9 Å². The Kier molecular flexibility index (Phi) is 4.49. The molecule has 0 aromatic heterocycles. The average molecular weight is 407 g/mol. The van der Waals surface area contributed by atoms with Crippen LogP contribution >= 0.6 is 11.6 Å². The highest BCUT2D eigenvalue weighted by atomic mass is 35.5. The molecule has 148 valence electrons. The molecule has 0 spiro atoms. The summed E-state index contributed by atoms with van der Waals surface area (Å²) in [6, 6.07) is 18.2. The third-order valence-corrected chi connectivity index (χ3v) is 6.75. The summed E-state index contributed by atoms with van der Waals surface area (Å²) in [6.45, 7) is 0. The molecule has 0 unspecified atom stereocenters. The fourth-order valence-electron chi connectivity index (χ4n) is 5.05. The molecule has 2 N–H and O–H groups in total. The van der Waals surface area contributed by atoms with Gasteiger partial charge in [0.1, 0.15) is 5.75 Å². The van der Waals surface area contributed by atoms with Gasteiger partial charge >= 0.3 is 0 Å². The van der Waals surface area contributed by atoms with Crippen molar-refractivity contribution in [2.75, 3.05) is 7.11 Å². The van der Waals surface area contributed by atoms with Crippen LogP contribution in [0, 0.1) is 0 Å². The van der Waals surface area contributed by atoms with Crippen LogP contribution < -0.4 is 10.5 Å². The van der Waals surface area contributed by atoms with E-state index in [1.807, 2.05) is 59.5 Å². The highest BCUT2D eigenvalue weighted by Gasteiger charge is 2.47. The van der Waals surface area contributed by atoms with Gasteiger partial charge in [0.25, 0.3) is 5.91 Å². The van der Waals surface area contributed by atoms with Gasteiger partial charge in [-0.25, -0.2) is 0 Å². The number of carbonyl (C=O) groups excluding carboxylic acids is 1. The molecule has 0 radical (unpaired) electrons. The lowest BCUT2D eigenvalue weighted by Gasteiger charge is -2.24. The Morgan fingerprint density at radius 3 is 2.48 bits per heavy atom. The number of benzene rings is 3. The van der Waals surface area contributed by atoms with Crippen LogP contribution in [0.3, 0.4) is 0 Å². The van der Waals surface area contributed by atoms with Crippen LogP contribution in [0.5, 0.6) is 5.75 Å². The summed E-state index contributed by atoms with van der Waals surface area (Å²) in [7, 11) is 1.62. The summed E-state index contributed by atoms with van der Waals surface area (Å²) in [5.74, 6) is 0.810. The van der Waals surface area contributed by atoms with Gasteiger partial charge in [-0.3, -0.25) is 4.79 Å². The van der Waals surface area contributed by atoms with Gasteiger partial charge in [0.15, 0.2) is 0 Å². The minimum Gasteiger partial charge on any atom is -0.497 e. The number of carbonyl (C=O) groups is 1. The van der Waals surface area contributed by atoms with Crippen LogP contribution in [0.25, 0.3) is 21.9 Å². The second-order valence-corrected chi connectivity index (χ2v) is 8.37. The smallest absolute Gasteiger partial charge is 0.255 e. The van der Waals surface area contributed by atoms with Gasteiger partial charge in [-0.15, -0.1) is 0 Å². The molecule has 2 saturated heterocycles. The molecule has 2 aliphatic heterocycles. The zero-order chi connectivity index (χ0) is 20.1. The number of halogens is 1. The zero-order valence-corrected chi connectivity index (χ0v) is 17.0. The molecule has 1 amide bonds. The van der Waals surface area contributed by atoms with Gasteiger partial charge in [-0.1, -0.05) is 41.9 Å². The maximum atomic E-state index is 13.5. The Morgan fingerprint density at radius 2 is 1.83 bits per heavy atom. The summed E-state index contributed by atoms with van der Waals surface area (Å²) in [6.07, 6.45) is 2.98. The molecule has 0 saturated carbocycles. The number of methoxy groups -OCH3 is 1. The predicted octanol–water partition coefficient (Wildman–Crippen LogP) is 4.87. The monoisotopic (exact) mass is 406 g/mol. The number of nitrogens with two attached hydrogens (primary N) is 1. The maximum Gasteiger partial charge on any atom is 0.255 e. The number of ether oxygens (including phenoxy) is 1. The third-order valence-electron chi connectivity index (χ3n) is 6.44. The molecule has 2 bridgehead atoms. The van der Waals surface area contributed by atoms with Crippen molar-refractivity contribution in [3.63, 3.8) is 0 Å². The van der Waals surface area contributed by atoms with Crippen LogP contribution in [0.15, 0.2) is 54.6 Å². The van der Waals surface area contributed by atoms with Crippen molar-refractivity contribution in [3.8, 4) is 16.9 Å².